The maximum atomic E-state index is 11.4. The fourth-order valence-corrected chi connectivity index (χ4v) is 2.39. The molecule has 1 aromatic heterocycles. The summed E-state index contributed by atoms with van der Waals surface area (Å²) in [6.45, 7) is 3.81. The molecule has 0 amide bonds. The van der Waals surface area contributed by atoms with E-state index in [0.29, 0.717) is 5.56 Å². The number of nitro groups is 1. The average molecular weight is 354 g/mol. The van der Waals surface area contributed by atoms with Crippen molar-refractivity contribution in [1.82, 2.24) is 9.78 Å². The first-order valence-electron chi connectivity index (χ1n) is 6.02. The number of aromatic carboxylic acids is 1. The molecule has 0 saturated heterocycles. The Bertz CT molecular complexity index is 739. The summed E-state index contributed by atoms with van der Waals surface area (Å²) < 4.78 is 2.45. The second kappa shape index (κ2) is 5.65. The highest BCUT2D eigenvalue weighted by molar-refractivity contribution is 9.10. The van der Waals surface area contributed by atoms with Crippen LogP contribution in [0.3, 0.4) is 0 Å². The predicted octanol–water partition coefficient (Wildman–Crippen LogP) is 2.92. The molecule has 0 spiro atoms. The third kappa shape index (κ3) is 2.80. The number of carboxylic acids is 1. The Kier molecular flexibility index (Phi) is 4.08. The Morgan fingerprint density at radius 1 is 1.48 bits per heavy atom. The lowest BCUT2D eigenvalue weighted by molar-refractivity contribution is -0.385. The van der Waals surface area contributed by atoms with E-state index in [4.69, 9.17) is 0 Å². The molecule has 1 N–H and O–H groups in total. The van der Waals surface area contributed by atoms with E-state index in [1.54, 1.807) is 10.7 Å². The molecule has 0 aliphatic rings. The molecule has 1 heterocycles. The highest BCUT2D eigenvalue weighted by atomic mass is 79.9. The van der Waals surface area contributed by atoms with Gasteiger partial charge >= 0.3 is 5.97 Å². The lowest BCUT2D eigenvalue weighted by Gasteiger charge is -2.08. The number of nitrogens with zero attached hydrogens (tertiary/aromatic N) is 3. The second-order valence-corrected chi connectivity index (χ2v) is 5.31. The number of benzene rings is 1. The Labute approximate surface area is 128 Å². The molecule has 2 aromatic rings. The number of hydrogen-bond acceptors (Lipinski definition) is 4. The summed E-state index contributed by atoms with van der Waals surface area (Å²) in [6, 6.07) is 4.21. The molecule has 7 nitrogen and oxygen atoms in total. The van der Waals surface area contributed by atoms with Gasteiger partial charge in [0.15, 0.2) is 0 Å². The van der Waals surface area contributed by atoms with Crippen LogP contribution in [0.4, 0.5) is 5.69 Å². The molecule has 0 aliphatic carbocycles. The van der Waals surface area contributed by atoms with Gasteiger partial charge in [-0.05, 0) is 35.3 Å². The summed E-state index contributed by atoms with van der Waals surface area (Å²) in [6.07, 6.45) is 0. The summed E-state index contributed by atoms with van der Waals surface area (Å²) in [5, 5.41) is 24.5. The molecule has 1 aromatic carbocycles. The normalized spacial score (nSPS) is 10.6. The zero-order valence-electron chi connectivity index (χ0n) is 11.3. The minimum atomic E-state index is -1.32. The van der Waals surface area contributed by atoms with Crippen LogP contribution in [0.1, 0.15) is 27.3 Å². The summed E-state index contributed by atoms with van der Waals surface area (Å²) in [5.74, 6) is -1.32. The third-order valence-corrected chi connectivity index (χ3v) is 4.30. The van der Waals surface area contributed by atoms with Crippen LogP contribution in [-0.4, -0.2) is 25.8 Å². The monoisotopic (exact) mass is 353 g/mol. The molecular weight excluding hydrogens is 342 g/mol. The topological polar surface area (TPSA) is 98.3 Å². The number of hydrogen-bond donors (Lipinski definition) is 1. The maximum Gasteiger partial charge on any atom is 0.343 e. The van der Waals surface area contributed by atoms with Gasteiger partial charge in [0.05, 0.1) is 27.3 Å². The smallest absolute Gasteiger partial charge is 0.343 e. The van der Waals surface area contributed by atoms with Crippen molar-refractivity contribution >= 4 is 27.6 Å². The number of aryl methyl sites for hydroxylation is 1. The van der Waals surface area contributed by atoms with Gasteiger partial charge in [0, 0.05) is 6.07 Å². The summed E-state index contributed by atoms with van der Waals surface area (Å²) in [4.78, 5) is 21.6. The maximum absolute atomic E-state index is 11.4. The third-order valence-electron chi connectivity index (χ3n) is 3.15. The molecule has 2 rings (SSSR count). The zero-order chi connectivity index (χ0) is 15.7. The van der Waals surface area contributed by atoms with Gasteiger partial charge in [-0.25, -0.2) is 4.79 Å². The molecule has 21 heavy (non-hydrogen) atoms. The van der Waals surface area contributed by atoms with Crippen LogP contribution in [0.2, 0.25) is 0 Å². The largest absolute Gasteiger partial charge is 0.477 e. The summed E-state index contributed by atoms with van der Waals surface area (Å²) in [7, 11) is 0. The van der Waals surface area contributed by atoms with Crippen molar-refractivity contribution in [1.29, 1.82) is 0 Å². The lowest BCUT2D eigenvalue weighted by Crippen LogP contribution is -2.11. The van der Waals surface area contributed by atoms with E-state index in [0.717, 1.165) is 15.9 Å². The minimum absolute atomic E-state index is 0.154. The molecule has 0 radical (unpaired) electrons. The van der Waals surface area contributed by atoms with Crippen molar-refractivity contribution in [3.63, 3.8) is 0 Å². The molecule has 0 unspecified atom stereocenters. The van der Waals surface area contributed by atoms with Crippen molar-refractivity contribution in [2.45, 2.75) is 20.4 Å². The van der Waals surface area contributed by atoms with E-state index in [1.807, 2.05) is 13.8 Å². The van der Waals surface area contributed by atoms with Crippen LogP contribution in [-0.2, 0) is 6.54 Å². The number of halogens is 1. The molecule has 0 saturated carbocycles. The summed E-state index contributed by atoms with van der Waals surface area (Å²) in [5.41, 5.74) is 1.23. The minimum Gasteiger partial charge on any atom is -0.477 e. The van der Waals surface area contributed by atoms with E-state index < -0.39 is 16.6 Å². The second-order valence-electron chi connectivity index (χ2n) is 4.52. The number of carboxylic acid groups (broad SMARTS) is 1. The van der Waals surface area contributed by atoms with Crippen molar-refractivity contribution < 1.29 is 14.8 Å². The molecule has 0 bridgehead atoms. The highest BCUT2D eigenvalue weighted by Gasteiger charge is 2.24. The number of nitro benzene ring substituents is 1. The highest BCUT2D eigenvalue weighted by Crippen LogP contribution is 2.25. The molecule has 0 atom stereocenters. The van der Waals surface area contributed by atoms with Crippen LogP contribution in [0, 0.1) is 24.0 Å². The van der Waals surface area contributed by atoms with Crippen LogP contribution < -0.4 is 0 Å². The zero-order valence-corrected chi connectivity index (χ0v) is 12.9. The van der Waals surface area contributed by atoms with Crippen molar-refractivity contribution in [2.75, 3.05) is 0 Å². The van der Waals surface area contributed by atoms with Crippen LogP contribution >= 0.6 is 15.9 Å². The first kappa shape index (κ1) is 15.2. The first-order valence-corrected chi connectivity index (χ1v) is 6.81. The van der Waals surface area contributed by atoms with E-state index >= 15 is 0 Å². The van der Waals surface area contributed by atoms with Gasteiger partial charge < -0.3 is 5.11 Å². The van der Waals surface area contributed by atoms with Gasteiger partial charge in [-0.15, -0.1) is 0 Å². The van der Waals surface area contributed by atoms with Gasteiger partial charge in [-0.2, -0.15) is 5.10 Å². The Morgan fingerprint density at radius 2 is 2.14 bits per heavy atom. The van der Waals surface area contributed by atoms with Gasteiger partial charge in [0.2, 0.25) is 0 Å². The van der Waals surface area contributed by atoms with Crippen molar-refractivity contribution in [3.05, 3.63) is 55.3 Å². The van der Waals surface area contributed by atoms with E-state index in [9.17, 15) is 20.0 Å². The lowest BCUT2D eigenvalue weighted by atomic mass is 10.1. The fraction of sp³-hybridized carbons (Fsp3) is 0.231. The number of rotatable bonds is 4. The van der Waals surface area contributed by atoms with Crippen molar-refractivity contribution in [3.8, 4) is 0 Å². The molecule has 0 fully saturated rings. The van der Waals surface area contributed by atoms with Gasteiger partial charge in [-0.3, -0.25) is 14.8 Å². The Balaban J connectivity index is 2.54. The van der Waals surface area contributed by atoms with Gasteiger partial charge in [-0.1, -0.05) is 12.1 Å². The van der Waals surface area contributed by atoms with E-state index in [2.05, 4.69) is 21.0 Å². The van der Waals surface area contributed by atoms with E-state index in [-0.39, 0.29) is 12.1 Å². The summed E-state index contributed by atoms with van der Waals surface area (Å²) >= 11 is 3.39. The average Bonchev–Trinajstić information content (AvgIpc) is 2.65. The fourth-order valence-electron chi connectivity index (χ4n) is 2.11. The molecule has 0 aliphatic heterocycles. The van der Waals surface area contributed by atoms with Crippen molar-refractivity contribution in [2.24, 2.45) is 0 Å². The van der Waals surface area contributed by atoms with E-state index in [1.165, 1.54) is 12.1 Å². The molecule has 110 valence electrons. The number of carbonyl (C=O) groups is 1. The predicted molar refractivity (Wildman–Crippen MR) is 78.6 cm³/mol. The number of aromatic nitrogens is 2. The quantitative estimate of drug-likeness (QED) is 0.672. The molecular formula is C13H12BrN3O4. The molecule has 8 heteroatoms. The van der Waals surface area contributed by atoms with Crippen LogP contribution in [0.25, 0.3) is 0 Å². The van der Waals surface area contributed by atoms with Crippen LogP contribution in [0.15, 0.2) is 22.7 Å². The SMILES string of the molecule is Cc1nn(Cc2cccc([N+](=O)[O-])c2C(=O)O)c(C)c1Br. The standard InChI is InChI=1S/C13H12BrN3O4/c1-7-12(14)8(2)16(15-7)6-9-4-3-5-10(17(20)21)11(9)13(18)19/h3-5H,6H2,1-2H3,(H,18,19). The van der Waals surface area contributed by atoms with Crippen LogP contribution in [0.5, 0.6) is 0 Å². The Hall–Kier alpha value is -2.22. The van der Waals surface area contributed by atoms with Gasteiger partial charge in [0.1, 0.15) is 5.56 Å². The van der Waals surface area contributed by atoms with Gasteiger partial charge in [0.25, 0.3) is 5.69 Å². The first-order chi connectivity index (χ1) is 9.82. The Morgan fingerprint density at radius 3 is 2.62 bits per heavy atom.